The summed E-state index contributed by atoms with van der Waals surface area (Å²) in [6.07, 6.45) is -0.739. The Morgan fingerprint density at radius 1 is 1.56 bits per heavy atom. The van der Waals surface area contributed by atoms with Crippen molar-refractivity contribution in [1.82, 2.24) is 5.32 Å². The summed E-state index contributed by atoms with van der Waals surface area (Å²) in [5, 5.41) is 3.37. The molecule has 0 aromatic heterocycles. The zero-order valence-corrected chi connectivity index (χ0v) is 10.4. The van der Waals surface area contributed by atoms with Gasteiger partial charge in [0.05, 0.1) is 6.61 Å². The molecule has 0 radical (unpaired) electrons. The van der Waals surface area contributed by atoms with Crippen LogP contribution in [0, 0.1) is 5.92 Å². The van der Waals surface area contributed by atoms with Crippen molar-refractivity contribution < 1.29 is 14.3 Å². The van der Waals surface area contributed by atoms with E-state index in [1.54, 1.807) is 0 Å². The Morgan fingerprint density at radius 3 is 3.11 bits per heavy atom. The summed E-state index contributed by atoms with van der Waals surface area (Å²) >= 11 is 0. The Balaban J connectivity index is 1.96. The fourth-order valence-corrected chi connectivity index (χ4v) is 2.17. The molecule has 0 aliphatic carbocycles. The minimum absolute atomic E-state index is 0.214. The zero-order valence-electron chi connectivity index (χ0n) is 10.4. The second-order valence-electron chi connectivity index (χ2n) is 4.43. The Labute approximate surface area is 106 Å². The van der Waals surface area contributed by atoms with Gasteiger partial charge in [0.25, 0.3) is 0 Å². The van der Waals surface area contributed by atoms with Crippen molar-refractivity contribution in [3.63, 3.8) is 0 Å². The summed E-state index contributed by atoms with van der Waals surface area (Å²) in [7, 11) is 0. The fourth-order valence-electron chi connectivity index (χ4n) is 2.17. The Bertz CT molecular complexity index is 422. The molecule has 1 aliphatic heterocycles. The van der Waals surface area contributed by atoms with Gasteiger partial charge in [-0.1, -0.05) is 25.1 Å². The number of hydrogen-bond acceptors (Lipinski definition) is 4. The molecule has 1 amide bonds. The number of carbonyl (C=O) groups excluding carboxylic acids is 1. The lowest BCUT2D eigenvalue weighted by atomic mass is 9.92. The zero-order chi connectivity index (χ0) is 13.0. The summed E-state index contributed by atoms with van der Waals surface area (Å²) in [5.41, 5.74) is 6.06. The topological polar surface area (TPSA) is 73.6 Å². The highest BCUT2D eigenvalue weighted by atomic mass is 16.5. The lowest BCUT2D eigenvalue weighted by Crippen LogP contribution is -2.36. The number of nitrogens with one attached hydrogen (secondary N) is 1. The second-order valence-corrected chi connectivity index (χ2v) is 4.43. The molecule has 3 N–H and O–H groups in total. The second kappa shape index (κ2) is 5.73. The first-order valence-electron chi connectivity index (χ1n) is 6.06. The molecule has 0 saturated carbocycles. The van der Waals surface area contributed by atoms with Gasteiger partial charge in [0, 0.05) is 24.1 Å². The van der Waals surface area contributed by atoms with Crippen molar-refractivity contribution in [1.29, 1.82) is 0 Å². The first kappa shape index (κ1) is 12.7. The van der Waals surface area contributed by atoms with E-state index < -0.39 is 6.09 Å². The van der Waals surface area contributed by atoms with Crippen LogP contribution in [0.1, 0.15) is 18.5 Å². The Hall–Kier alpha value is -1.75. The van der Waals surface area contributed by atoms with Crippen LogP contribution in [0.5, 0.6) is 5.75 Å². The maximum atomic E-state index is 10.5. The number of ether oxygens (including phenoxy) is 2. The van der Waals surface area contributed by atoms with Gasteiger partial charge in [-0.15, -0.1) is 0 Å². The predicted octanol–water partition coefficient (Wildman–Crippen LogP) is 1.44. The van der Waals surface area contributed by atoms with Gasteiger partial charge >= 0.3 is 6.09 Å². The summed E-state index contributed by atoms with van der Waals surface area (Å²) < 4.78 is 10.4. The third kappa shape index (κ3) is 2.92. The molecule has 2 unspecified atom stereocenters. The molecule has 5 heteroatoms. The van der Waals surface area contributed by atoms with E-state index >= 15 is 0 Å². The van der Waals surface area contributed by atoms with Crippen LogP contribution in [0.25, 0.3) is 0 Å². The largest absolute Gasteiger partial charge is 0.493 e. The Kier molecular flexibility index (Phi) is 4.04. The van der Waals surface area contributed by atoms with Crippen molar-refractivity contribution >= 4 is 6.09 Å². The highest BCUT2D eigenvalue weighted by Gasteiger charge is 2.26. The van der Waals surface area contributed by atoms with E-state index in [9.17, 15) is 4.79 Å². The number of fused-ring (bicyclic) bond motifs is 1. The molecule has 1 aliphatic rings. The van der Waals surface area contributed by atoms with Gasteiger partial charge in [0.1, 0.15) is 12.4 Å². The van der Waals surface area contributed by atoms with E-state index in [2.05, 4.69) is 18.3 Å². The van der Waals surface area contributed by atoms with Crippen molar-refractivity contribution in [2.45, 2.75) is 13.0 Å². The number of carbonyl (C=O) groups is 1. The van der Waals surface area contributed by atoms with Gasteiger partial charge in [-0.25, -0.2) is 4.79 Å². The maximum absolute atomic E-state index is 10.5. The smallest absolute Gasteiger partial charge is 0.404 e. The van der Waals surface area contributed by atoms with E-state index in [1.165, 1.54) is 0 Å². The van der Waals surface area contributed by atoms with Crippen LogP contribution >= 0.6 is 0 Å². The molecule has 2 atom stereocenters. The average Bonchev–Trinajstić information content (AvgIpc) is 2.36. The molecule has 0 spiro atoms. The molecule has 98 valence electrons. The molecule has 0 fully saturated rings. The molecule has 1 aromatic carbocycles. The molecular formula is C13H18N2O3. The lowest BCUT2D eigenvalue weighted by molar-refractivity contribution is 0.148. The van der Waals surface area contributed by atoms with Crippen LogP contribution in [-0.4, -0.2) is 25.9 Å². The molecule has 0 saturated heterocycles. The summed E-state index contributed by atoms with van der Waals surface area (Å²) in [4.78, 5) is 10.5. The first-order chi connectivity index (χ1) is 8.68. The third-order valence-corrected chi connectivity index (χ3v) is 3.04. The van der Waals surface area contributed by atoms with E-state index in [1.807, 2.05) is 18.2 Å². The molecule has 5 nitrogen and oxygen atoms in total. The quantitative estimate of drug-likeness (QED) is 0.793. The van der Waals surface area contributed by atoms with Crippen LogP contribution in [0.4, 0.5) is 4.79 Å². The third-order valence-electron chi connectivity index (χ3n) is 3.04. The van der Waals surface area contributed by atoms with E-state index in [-0.39, 0.29) is 12.6 Å². The predicted molar refractivity (Wildman–Crippen MR) is 67.4 cm³/mol. The molecule has 1 heterocycles. The van der Waals surface area contributed by atoms with E-state index in [4.69, 9.17) is 15.2 Å². The number of nitrogens with two attached hydrogens (primary N) is 1. The lowest BCUT2D eigenvalue weighted by Gasteiger charge is -2.32. The van der Waals surface area contributed by atoms with E-state index in [0.29, 0.717) is 19.1 Å². The van der Waals surface area contributed by atoms with Gasteiger partial charge in [-0.05, 0) is 6.07 Å². The van der Waals surface area contributed by atoms with Crippen LogP contribution in [-0.2, 0) is 4.74 Å². The average molecular weight is 250 g/mol. The van der Waals surface area contributed by atoms with Crippen LogP contribution < -0.4 is 15.8 Å². The van der Waals surface area contributed by atoms with Gasteiger partial charge in [0.2, 0.25) is 0 Å². The molecule has 0 bridgehead atoms. The standard InChI is InChI=1S/C13H18N2O3/c1-9-8-18-11-5-3-2-4-10(11)12(9)15-6-7-17-13(14)16/h2-5,9,12,15H,6-8H2,1H3,(H2,14,16). The van der Waals surface area contributed by atoms with Gasteiger partial charge in [0.15, 0.2) is 0 Å². The van der Waals surface area contributed by atoms with Crippen LogP contribution in [0.15, 0.2) is 24.3 Å². The van der Waals surface area contributed by atoms with Crippen LogP contribution in [0.3, 0.4) is 0 Å². The normalized spacial score (nSPS) is 21.8. The van der Waals surface area contributed by atoms with Crippen LogP contribution in [0.2, 0.25) is 0 Å². The number of amides is 1. The van der Waals surface area contributed by atoms with Crippen molar-refractivity contribution in [3.8, 4) is 5.75 Å². The fraction of sp³-hybridized carbons (Fsp3) is 0.462. The molecule has 1 aromatic rings. The minimum Gasteiger partial charge on any atom is -0.493 e. The highest BCUT2D eigenvalue weighted by Crippen LogP contribution is 2.34. The summed E-state index contributed by atoms with van der Waals surface area (Å²) in [6.45, 7) is 3.67. The highest BCUT2D eigenvalue weighted by molar-refractivity contribution is 5.64. The number of benzene rings is 1. The van der Waals surface area contributed by atoms with Gasteiger partial charge < -0.3 is 20.5 Å². The summed E-state index contributed by atoms with van der Waals surface area (Å²) in [6, 6.07) is 8.19. The van der Waals surface area contributed by atoms with Crippen molar-refractivity contribution in [2.24, 2.45) is 11.7 Å². The van der Waals surface area contributed by atoms with Gasteiger partial charge in [-0.2, -0.15) is 0 Å². The number of hydrogen-bond donors (Lipinski definition) is 2. The minimum atomic E-state index is -0.739. The van der Waals surface area contributed by atoms with E-state index in [0.717, 1.165) is 11.3 Å². The van der Waals surface area contributed by atoms with Crippen molar-refractivity contribution in [2.75, 3.05) is 19.8 Å². The SMILES string of the molecule is CC1COc2ccccc2C1NCCOC(N)=O. The Morgan fingerprint density at radius 2 is 2.33 bits per heavy atom. The number of para-hydroxylation sites is 1. The summed E-state index contributed by atoms with van der Waals surface area (Å²) in [5.74, 6) is 1.29. The monoisotopic (exact) mass is 250 g/mol. The van der Waals surface area contributed by atoms with Gasteiger partial charge in [-0.3, -0.25) is 0 Å². The van der Waals surface area contributed by atoms with Crippen molar-refractivity contribution in [3.05, 3.63) is 29.8 Å². The molecule has 2 rings (SSSR count). The number of primary amides is 1. The number of rotatable bonds is 4. The first-order valence-corrected chi connectivity index (χ1v) is 6.06. The maximum Gasteiger partial charge on any atom is 0.404 e. The molecular weight excluding hydrogens is 232 g/mol. The molecule has 18 heavy (non-hydrogen) atoms.